The minimum Gasteiger partial charge on any atom is -0.489 e. The lowest BCUT2D eigenvalue weighted by molar-refractivity contribution is 0.0149. The van der Waals surface area contributed by atoms with Crippen LogP contribution in [0.15, 0.2) is 47.3 Å². The smallest absolute Gasteiger partial charge is 0.410 e. The average Bonchev–Trinajstić information content (AvgIpc) is 2.88. The van der Waals surface area contributed by atoms with Gasteiger partial charge in [0.1, 0.15) is 17.2 Å². The molecule has 0 N–H and O–H groups in total. The van der Waals surface area contributed by atoms with Crippen LogP contribution in [-0.4, -0.2) is 75.7 Å². The number of alkyl halides is 1. The zero-order chi connectivity index (χ0) is 28.3. The fourth-order valence-electron chi connectivity index (χ4n) is 4.45. The van der Waals surface area contributed by atoms with E-state index in [2.05, 4.69) is 4.98 Å². The molecule has 0 saturated carbocycles. The van der Waals surface area contributed by atoms with Gasteiger partial charge in [0, 0.05) is 31.7 Å². The van der Waals surface area contributed by atoms with Gasteiger partial charge in [-0.2, -0.15) is 0 Å². The Morgan fingerprint density at radius 2 is 1.74 bits per heavy atom. The molecule has 0 aliphatic carbocycles. The van der Waals surface area contributed by atoms with Crippen LogP contribution in [0, 0.1) is 0 Å². The highest BCUT2D eigenvalue weighted by atomic mass is 35.5. The van der Waals surface area contributed by atoms with Gasteiger partial charge in [-0.15, -0.1) is 11.6 Å². The summed E-state index contributed by atoms with van der Waals surface area (Å²) >= 11 is 6.24. The van der Waals surface area contributed by atoms with E-state index in [9.17, 15) is 14.4 Å². The van der Waals surface area contributed by atoms with Crippen LogP contribution in [0.2, 0.25) is 0 Å². The van der Waals surface area contributed by atoms with Crippen LogP contribution >= 0.6 is 11.6 Å². The second-order valence-electron chi connectivity index (χ2n) is 10.8. The van der Waals surface area contributed by atoms with Crippen LogP contribution in [-0.2, 0) is 10.6 Å². The Hall–Kier alpha value is -3.43. The van der Waals surface area contributed by atoms with Gasteiger partial charge in [-0.1, -0.05) is 12.1 Å². The number of ketones is 1. The number of piperazine rings is 1. The first-order valence-electron chi connectivity index (χ1n) is 13.1. The van der Waals surface area contributed by atoms with Crippen LogP contribution in [0.5, 0.6) is 5.75 Å². The number of rotatable bonds is 7. The van der Waals surface area contributed by atoms with Crippen molar-refractivity contribution in [2.45, 2.75) is 52.2 Å². The molecule has 0 radical (unpaired) electrons. The van der Waals surface area contributed by atoms with E-state index in [1.165, 1.54) is 4.57 Å². The number of benzene rings is 2. The number of para-hydroxylation sites is 1. The summed E-state index contributed by atoms with van der Waals surface area (Å²) < 4.78 is 12.9. The van der Waals surface area contributed by atoms with E-state index in [1.54, 1.807) is 41.3 Å². The highest BCUT2D eigenvalue weighted by molar-refractivity contribution is 6.16. The second kappa shape index (κ2) is 11.8. The topological polar surface area (TPSA) is 94.0 Å². The average molecular weight is 555 g/mol. The van der Waals surface area contributed by atoms with Crippen molar-refractivity contribution in [1.82, 2.24) is 19.4 Å². The molecule has 4 rings (SSSR count). The number of carbonyl (C=O) groups is 2. The standard InChI is InChI=1S/C29H35ClN4O5/c1-19(2)38-25-11-10-20(24(35)18-32-12-14-33(15-13-32)28(37)39-29(3,4)5)16-23(25)34-26(17-30)31-22-9-7-6-8-21(22)27(34)36/h6-11,16,19H,12-15,17-18H2,1-5H3. The molecular weight excluding hydrogens is 520 g/mol. The Bertz CT molecular complexity index is 1420. The molecule has 39 heavy (non-hydrogen) atoms. The van der Waals surface area contributed by atoms with Gasteiger partial charge in [-0.3, -0.25) is 19.1 Å². The SMILES string of the molecule is CC(C)Oc1ccc(C(=O)CN2CCN(C(=O)OC(C)(C)C)CC2)cc1-n1c(CCl)nc2ccccc2c1=O. The predicted molar refractivity (Wildman–Crippen MR) is 151 cm³/mol. The lowest BCUT2D eigenvalue weighted by Crippen LogP contribution is -2.51. The molecule has 1 aliphatic rings. The number of halogens is 1. The normalized spacial score (nSPS) is 14.6. The molecule has 1 aromatic heterocycles. The van der Waals surface area contributed by atoms with Gasteiger partial charge in [0.2, 0.25) is 0 Å². The molecule has 1 fully saturated rings. The van der Waals surface area contributed by atoms with Crippen molar-refractivity contribution in [3.63, 3.8) is 0 Å². The number of Topliss-reactive ketones (excluding diaryl/α,β-unsaturated/α-hetero) is 1. The molecule has 9 nitrogen and oxygen atoms in total. The minimum absolute atomic E-state index is 0.00128. The second-order valence-corrected chi connectivity index (χ2v) is 11.1. The summed E-state index contributed by atoms with van der Waals surface area (Å²) in [7, 11) is 0. The maximum absolute atomic E-state index is 13.6. The summed E-state index contributed by atoms with van der Waals surface area (Å²) in [6, 6.07) is 12.2. The summed E-state index contributed by atoms with van der Waals surface area (Å²) in [6.07, 6.45) is -0.501. The Balaban J connectivity index is 1.60. The maximum Gasteiger partial charge on any atom is 0.410 e. The van der Waals surface area contributed by atoms with E-state index in [-0.39, 0.29) is 36.0 Å². The Morgan fingerprint density at radius 3 is 2.38 bits per heavy atom. The van der Waals surface area contributed by atoms with Crippen molar-refractivity contribution in [3.8, 4) is 11.4 Å². The highest BCUT2D eigenvalue weighted by Crippen LogP contribution is 2.27. The first kappa shape index (κ1) is 28.6. The van der Waals surface area contributed by atoms with Gasteiger partial charge < -0.3 is 14.4 Å². The third-order valence-electron chi connectivity index (χ3n) is 6.24. The number of hydrogen-bond donors (Lipinski definition) is 0. The van der Waals surface area contributed by atoms with E-state index in [0.717, 1.165) is 0 Å². The molecule has 0 bridgehead atoms. The van der Waals surface area contributed by atoms with Gasteiger partial charge in [0.15, 0.2) is 5.78 Å². The van der Waals surface area contributed by atoms with Crippen LogP contribution in [0.3, 0.4) is 0 Å². The molecule has 2 heterocycles. The van der Waals surface area contributed by atoms with E-state index < -0.39 is 5.60 Å². The van der Waals surface area contributed by atoms with Crippen molar-refractivity contribution >= 4 is 34.4 Å². The Morgan fingerprint density at radius 1 is 1.05 bits per heavy atom. The Kier molecular flexibility index (Phi) is 8.61. The first-order valence-corrected chi connectivity index (χ1v) is 13.6. The number of amides is 1. The van der Waals surface area contributed by atoms with Crippen LogP contribution in [0.1, 0.15) is 50.8 Å². The number of ether oxygens (including phenoxy) is 2. The fourth-order valence-corrected chi connectivity index (χ4v) is 4.62. The molecule has 1 amide bonds. The van der Waals surface area contributed by atoms with E-state index in [1.807, 2.05) is 45.6 Å². The predicted octanol–water partition coefficient (Wildman–Crippen LogP) is 4.65. The molecule has 208 valence electrons. The Labute approximate surface area is 233 Å². The van der Waals surface area contributed by atoms with Gasteiger partial charge >= 0.3 is 6.09 Å². The minimum atomic E-state index is -0.556. The van der Waals surface area contributed by atoms with Crippen molar-refractivity contribution in [1.29, 1.82) is 0 Å². The summed E-state index contributed by atoms with van der Waals surface area (Å²) in [4.78, 5) is 47.6. The summed E-state index contributed by atoms with van der Waals surface area (Å²) in [5, 5.41) is 0.446. The van der Waals surface area contributed by atoms with Crippen molar-refractivity contribution in [2.75, 3.05) is 32.7 Å². The molecule has 0 spiro atoms. The summed E-state index contributed by atoms with van der Waals surface area (Å²) in [6.45, 7) is 11.5. The molecule has 0 atom stereocenters. The zero-order valence-corrected chi connectivity index (χ0v) is 23.8. The van der Waals surface area contributed by atoms with E-state index in [4.69, 9.17) is 21.1 Å². The first-order chi connectivity index (χ1) is 18.5. The monoisotopic (exact) mass is 554 g/mol. The summed E-state index contributed by atoms with van der Waals surface area (Å²) in [5.41, 5.74) is 0.574. The van der Waals surface area contributed by atoms with E-state index >= 15 is 0 Å². The molecule has 3 aromatic rings. The fraction of sp³-hybridized carbons (Fsp3) is 0.448. The van der Waals surface area contributed by atoms with E-state index in [0.29, 0.717) is 59.9 Å². The molecule has 1 aliphatic heterocycles. The molecule has 10 heteroatoms. The van der Waals surface area contributed by atoms with Crippen LogP contribution < -0.4 is 10.3 Å². The molecule has 0 unspecified atom stereocenters. The van der Waals surface area contributed by atoms with Crippen molar-refractivity contribution < 1.29 is 19.1 Å². The quantitative estimate of drug-likeness (QED) is 0.310. The number of fused-ring (bicyclic) bond motifs is 1. The number of hydrogen-bond acceptors (Lipinski definition) is 7. The highest BCUT2D eigenvalue weighted by Gasteiger charge is 2.27. The van der Waals surface area contributed by atoms with Crippen LogP contribution in [0.25, 0.3) is 16.6 Å². The van der Waals surface area contributed by atoms with Gasteiger partial charge in [-0.25, -0.2) is 9.78 Å². The molecule has 1 saturated heterocycles. The number of aromatic nitrogens is 2. The molecule has 2 aromatic carbocycles. The number of carbonyl (C=O) groups excluding carboxylic acids is 2. The summed E-state index contributed by atoms with van der Waals surface area (Å²) in [5.74, 6) is 0.712. The maximum atomic E-state index is 13.6. The van der Waals surface area contributed by atoms with Gasteiger partial charge in [-0.05, 0) is 65.0 Å². The lowest BCUT2D eigenvalue weighted by Gasteiger charge is -2.35. The zero-order valence-electron chi connectivity index (χ0n) is 23.1. The van der Waals surface area contributed by atoms with Crippen molar-refractivity contribution in [2.24, 2.45) is 0 Å². The van der Waals surface area contributed by atoms with Gasteiger partial charge in [0.25, 0.3) is 5.56 Å². The largest absolute Gasteiger partial charge is 0.489 e. The van der Waals surface area contributed by atoms with Gasteiger partial charge in [0.05, 0.1) is 35.1 Å². The van der Waals surface area contributed by atoms with Crippen LogP contribution in [0.4, 0.5) is 4.79 Å². The third kappa shape index (κ3) is 6.78. The molecular formula is C29H35ClN4O5. The lowest BCUT2D eigenvalue weighted by atomic mass is 10.1. The number of nitrogens with zero attached hydrogens (tertiary/aromatic N) is 4. The third-order valence-corrected chi connectivity index (χ3v) is 6.48. The van der Waals surface area contributed by atoms with Crippen molar-refractivity contribution in [3.05, 3.63) is 64.2 Å².